The number of nitrogens with zero attached hydrogens (tertiary/aromatic N) is 1. The van der Waals surface area contributed by atoms with Crippen LogP contribution in [0.2, 0.25) is 0 Å². The minimum atomic E-state index is -0.486. The molecular weight excluding hydrogens is 256 g/mol. The molecule has 1 heterocycles. The highest BCUT2D eigenvalue weighted by atomic mass is 16.6. The molecule has 0 spiro atoms. The lowest BCUT2D eigenvalue weighted by molar-refractivity contribution is -0.383. The minimum Gasteiger partial charge on any atom is -0.349 e. The fourth-order valence-corrected chi connectivity index (χ4v) is 2.23. The molecule has 0 saturated carbocycles. The number of benzene rings is 2. The van der Waals surface area contributed by atoms with Crippen molar-refractivity contribution in [3.8, 4) is 11.3 Å². The van der Waals surface area contributed by atoms with Gasteiger partial charge in [-0.1, -0.05) is 30.3 Å². The molecule has 5 heteroatoms. The second-order valence-electron chi connectivity index (χ2n) is 4.43. The predicted octanol–water partition coefficient (Wildman–Crippen LogP) is 3.56. The van der Waals surface area contributed by atoms with Crippen LogP contribution in [0.15, 0.2) is 48.5 Å². The van der Waals surface area contributed by atoms with Gasteiger partial charge in [0.2, 0.25) is 0 Å². The summed E-state index contributed by atoms with van der Waals surface area (Å²) in [5.74, 6) is 0. The predicted molar refractivity (Wildman–Crippen MR) is 75.8 cm³/mol. The summed E-state index contributed by atoms with van der Waals surface area (Å²) in [6.07, 6.45) is 0.613. The van der Waals surface area contributed by atoms with Gasteiger partial charge in [0.15, 0.2) is 0 Å². The first-order valence-electron chi connectivity index (χ1n) is 6.01. The Balaban J connectivity index is 2.27. The Morgan fingerprint density at radius 1 is 1.10 bits per heavy atom. The van der Waals surface area contributed by atoms with E-state index in [2.05, 4.69) is 4.98 Å². The summed E-state index contributed by atoms with van der Waals surface area (Å²) < 4.78 is 0. The second-order valence-corrected chi connectivity index (χ2v) is 4.43. The van der Waals surface area contributed by atoms with Gasteiger partial charge in [-0.05, 0) is 17.7 Å². The Morgan fingerprint density at radius 3 is 2.50 bits per heavy atom. The number of hydrogen-bond donors (Lipinski definition) is 1. The van der Waals surface area contributed by atoms with Crippen molar-refractivity contribution in [2.24, 2.45) is 0 Å². The van der Waals surface area contributed by atoms with Crippen LogP contribution in [0.5, 0.6) is 0 Å². The van der Waals surface area contributed by atoms with Gasteiger partial charge < -0.3 is 4.98 Å². The van der Waals surface area contributed by atoms with Gasteiger partial charge in [-0.25, -0.2) is 0 Å². The van der Waals surface area contributed by atoms with Crippen molar-refractivity contribution in [2.75, 3.05) is 0 Å². The zero-order valence-corrected chi connectivity index (χ0v) is 10.4. The quantitative estimate of drug-likeness (QED) is 0.447. The molecule has 0 amide bonds. The van der Waals surface area contributed by atoms with E-state index < -0.39 is 4.92 Å². The summed E-state index contributed by atoms with van der Waals surface area (Å²) in [7, 11) is 0. The monoisotopic (exact) mass is 266 g/mol. The first-order chi connectivity index (χ1) is 9.69. The molecule has 0 unspecified atom stereocenters. The van der Waals surface area contributed by atoms with Gasteiger partial charge in [0.1, 0.15) is 11.8 Å². The number of carbonyl (C=O) groups is 1. The molecule has 0 radical (unpaired) electrons. The number of nitrogens with one attached hydrogen (secondary N) is 1. The molecule has 3 aromatic rings. The third kappa shape index (κ3) is 1.95. The van der Waals surface area contributed by atoms with Gasteiger partial charge in [0, 0.05) is 22.7 Å². The normalized spacial score (nSPS) is 10.6. The van der Waals surface area contributed by atoms with Crippen molar-refractivity contribution in [1.29, 1.82) is 0 Å². The Labute approximate surface area is 114 Å². The van der Waals surface area contributed by atoms with Crippen molar-refractivity contribution in [3.63, 3.8) is 0 Å². The first kappa shape index (κ1) is 12.1. The number of H-pyrrole nitrogens is 1. The SMILES string of the molecule is O=Cc1cc([N+](=O)[O-])c2[nH]c(-c3ccccc3)cc2c1. The summed E-state index contributed by atoms with van der Waals surface area (Å²) in [5.41, 5.74) is 2.35. The second kappa shape index (κ2) is 4.62. The number of aromatic amines is 1. The summed E-state index contributed by atoms with van der Waals surface area (Å²) >= 11 is 0. The first-order valence-corrected chi connectivity index (χ1v) is 6.01. The molecule has 3 rings (SSSR count). The number of fused-ring (bicyclic) bond motifs is 1. The number of nitro groups is 1. The third-order valence-electron chi connectivity index (χ3n) is 3.15. The molecule has 0 fully saturated rings. The van der Waals surface area contributed by atoms with Crippen LogP contribution in [-0.2, 0) is 0 Å². The van der Waals surface area contributed by atoms with Crippen LogP contribution in [0.3, 0.4) is 0 Å². The van der Waals surface area contributed by atoms with Crippen LogP contribution in [-0.4, -0.2) is 16.2 Å². The molecule has 0 aliphatic heterocycles. The average Bonchev–Trinajstić information content (AvgIpc) is 2.90. The van der Waals surface area contributed by atoms with Gasteiger partial charge >= 0.3 is 0 Å². The maximum atomic E-state index is 11.1. The zero-order chi connectivity index (χ0) is 14.1. The number of carbonyl (C=O) groups excluding carboxylic acids is 1. The topological polar surface area (TPSA) is 76.0 Å². The van der Waals surface area contributed by atoms with Crippen LogP contribution < -0.4 is 0 Å². The largest absolute Gasteiger partial charge is 0.349 e. The standard InChI is InChI=1S/C15H10N2O3/c18-9-10-6-12-8-13(11-4-2-1-3-5-11)16-15(12)14(7-10)17(19)20/h1-9,16H. The molecule has 1 aromatic heterocycles. The zero-order valence-electron chi connectivity index (χ0n) is 10.4. The van der Waals surface area contributed by atoms with Gasteiger partial charge in [0.25, 0.3) is 5.69 Å². The molecule has 5 nitrogen and oxygen atoms in total. The molecular formula is C15H10N2O3. The van der Waals surface area contributed by atoms with E-state index in [9.17, 15) is 14.9 Å². The smallest absolute Gasteiger partial charge is 0.294 e. The van der Waals surface area contributed by atoms with Crippen molar-refractivity contribution >= 4 is 22.9 Å². The molecule has 0 atom stereocenters. The van der Waals surface area contributed by atoms with Crippen LogP contribution in [0.25, 0.3) is 22.2 Å². The highest BCUT2D eigenvalue weighted by molar-refractivity contribution is 5.96. The average molecular weight is 266 g/mol. The highest BCUT2D eigenvalue weighted by Crippen LogP contribution is 2.30. The fourth-order valence-electron chi connectivity index (χ4n) is 2.23. The Morgan fingerprint density at radius 2 is 1.85 bits per heavy atom. The van der Waals surface area contributed by atoms with E-state index in [1.807, 2.05) is 36.4 Å². The van der Waals surface area contributed by atoms with Gasteiger partial charge in [-0.2, -0.15) is 0 Å². The van der Waals surface area contributed by atoms with E-state index in [0.717, 1.165) is 11.3 Å². The van der Waals surface area contributed by atoms with Gasteiger partial charge in [0.05, 0.1) is 4.92 Å². The lowest BCUT2D eigenvalue weighted by Gasteiger charge is -1.96. The lowest BCUT2D eigenvalue weighted by Crippen LogP contribution is -1.91. The maximum absolute atomic E-state index is 11.1. The van der Waals surface area contributed by atoms with Crippen molar-refractivity contribution in [2.45, 2.75) is 0 Å². The lowest BCUT2D eigenvalue weighted by atomic mass is 10.1. The molecule has 0 aliphatic rings. The summed E-state index contributed by atoms with van der Waals surface area (Å²) in [6, 6.07) is 14.2. The number of aromatic nitrogens is 1. The van der Waals surface area contributed by atoms with Crippen LogP contribution in [0, 0.1) is 10.1 Å². The van der Waals surface area contributed by atoms with Crippen LogP contribution in [0.4, 0.5) is 5.69 Å². The van der Waals surface area contributed by atoms with Gasteiger partial charge in [-0.15, -0.1) is 0 Å². The number of nitro benzene ring substituents is 1. The number of rotatable bonds is 3. The van der Waals surface area contributed by atoms with E-state index in [-0.39, 0.29) is 5.69 Å². The molecule has 1 N–H and O–H groups in total. The maximum Gasteiger partial charge on any atom is 0.294 e. The minimum absolute atomic E-state index is 0.0909. The fraction of sp³-hybridized carbons (Fsp3) is 0. The molecule has 0 aliphatic carbocycles. The third-order valence-corrected chi connectivity index (χ3v) is 3.15. The van der Waals surface area contributed by atoms with E-state index in [4.69, 9.17) is 0 Å². The highest BCUT2D eigenvalue weighted by Gasteiger charge is 2.16. The van der Waals surface area contributed by atoms with Crippen LogP contribution in [0.1, 0.15) is 10.4 Å². The number of hydrogen-bond acceptors (Lipinski definition) is 3. The van der Waals surface area contributed by atoms with E-state index in [1.54, 1.807) is 6.07 Å². The Hall–Kier alpha value is -2.95. The summed E-state index contributed by atoms with van der Waals surface area (Å²) in [5, 5.41) is 11.8. The summed E-state index contributed by atoms with van der Waals surface area (Å²) in [6.45, 7) is 0. The summed E-state index contributed by atoms with van der Waals surface area (Å²) in [4.78, 5) is 24.5. The molecule has 20 heavy (non-hydrogen) atoms. The Kier molecular flexibility index (Phi) is 2.80. The van der Waals surface area contributed by atoms with E-state index in [0.29, 0.717) is 22.8 Å². The Bertz CT molecular complexity index is 807. The molecule has 98 valence electrons. The van der Waals surface area contributed by atoms with E-state index >= 15 is 0 Å². The number of non-ortho nitro benzene ring substituents is 1. The van der Waals surface area contributed by atoms with Crippen LogP contribution >= 0.6 is 0 Å². The van der Waals surface area contributed by atoms with Crippen molar-refractivity contribution in [1.82, 2.24) is 4.98 Å². The molecule has 0 bridgehead atoms. The molecule has 0 saturated heterocycles. The van der Waals surface area contributed by atoms with Gasteiger partial charge in [-0.3, -0.25) is 14.9 Å². The van der Waals surface area contributed by atoms with Crippen molar-refractivity contribution < 1.29 is 9.72 Å². The molecule has 2 aromatic carbocycles. The van der Waals surface area contributed by atoms with Crippen molar-refractivity contribution in [3.05, 3.63) is 64.2 Å². The van der Waals surface area contributed by atoms with E-state index in [1.165, 1.54) is 6.07 Å². The number of aldehydes is 1.